The van der Waals surface area contributed by atoms with Crippen LogP contribution in [-0.4, -0.2) is 29.9 Å². The number of nitrogens with zero attached hydrogens (tertiary/aromatic N) is 1. The minimum absolute atomic E-state index is 0.00631. The Bertz CT molecular complexity index is 512. The lowest BCUT2D eigenvalue weighted by Gasteiger charge is -2.31. The topological polar surface area (TPSA) is 32.3 Å². The Morgan fingerprint density at radius 2 is 2.00 bits per heavy atom. The molecule has 2 aliphatic rings. The van der Waals surface area contributed by atoms with Crippen LogP contribution >= 0.6 is 0 Å². The van der Waals surface area contributed by atoms with Crippen LogP contribution in [0.1, 0.15) is 24.0 Å². The maximum absolute atomic E-state index is 13.7. The maximum atomic E-state index is 13.7. The van der Waals surface area contributed by atoms with Crippen LogP contribution in [0.15, 0.2) is 12.1 Å². The maximum Gasteiger partial charge on any atom is 0.240 e. The van der Waals surface area contributed by atoms with E-state index in [1.807, 2.05) is 0 Å². The number of halogens is 2. The van der Waals surface area contributed by atoms with E-state index in [0.29, 0.717) is 24.1 Å². The van der Waals surface area contributed by atoms with Crippen LogP contribution in [0.4, 0.5) is 8.78 Å². The molecule has 3 rings (SSSR count). The van der Waals surface area contributed by atoms with Crippen LogP contribution in [0.5, 0.6) is 0 Å². The minimum Gasteiger partial charge on any atom is -0.337 e. The number of nitrogens with one attached hydrogen (secondary N) is 1. The van der Waals surface area contributed by atoms with Crippen molar-refractivity contribution in [2.24, 2.45) is 0 Å². The smallest absolute Gasteiger partial charge is 0.240 e. The molecule has 0 spiro atoms. The highest BCUT2D eigenvalue weighted by Crippen LogP contribution is 2.25. The molecule has 1 saturated heterocycles. The van der Waals surface area contributed by atoms with Gasteiger partial charge in [-0.15, -0.1) is 0 Å². The van der Waals surface area contributed by atoms with E-state index in [-0.39, 0.29) is 24.3 Å². The van der Waals surface area contributed by atoms with Gasteiger partial charge in [0.1, 0.15) is 11.6 Å². The van der Waals surface area contributed by atoms with Crippen molar-refractivity contribution >= 4 is 5.91 Å². The van der Waals surface area contributed by atoms with Crippen molar-refractivity contribution in [2.45, 2.75) is 31.8 Å². The highest BCUT2D eigenvalue weighted by Gasteiger charge is 2.30. The predicted molar refractivity (Wildman–Crippen MR) is 66.5 cm³/mol. The summed E-state index contributed by atoms with van der Waals surface area (Å²) in [6.45, 7) is 1.49. The molecule has 0 radical (unpaired) electrons. The first-order valence-corrected chi connectivity index (χ1v) is 6.65. The Balaban J connectivity index is 1.82. The van der Waals surface area contributed by atoms with Gasteiger partial charge >= 0.3 is 0 Å². The molecule has 1 N–H and O–H groups in total. The van der Waals surface area contributed by atoms with Crippen molar-refractivity contribution in [3.8, 4) is 0 Å². The van der Waals surface area contributed by atoms with Gasteiger partial charge in [-0.05, 0) is 43.5 Å². The van der Waals surface area contributed by atoms with Crippen LogP contribution in [0.25, 0.3) is 0 Å². The first-order valence-electron chi connectivity index (χ1n) is 6.65. The van der Waals surface area contributed by atoms with E-state index in [0.717, 1.165) is 31.5 Å². The molecule has 0 aliphatic carbocycles. The summed E-state index contributed by atoms with van der Waals surface area (Å²) >= 11 is 0. The lowest BCUT2D eigenvalue weighted by Crippen LogP contribution is -2.46. The number of rotatable bonds is 1. The molecule has 102 valence electrons. The molecule has 0 aromatic heterocycles. The minimum atomic E-state index is -0.423. The first-order chi connectivity index (χ1) is 9.16. The fourth-order valence-corrected chi connectivity index (χ4v) is 2.90. The van der Waals surface area contributed by atoms with Gasteiger partial charge in [0, 0.05) is 18.7 Å². The summed E-state index contributed by atoms with van der Waals surface area (Å²) in [6, 6.07) is 2.14. The second kappa shape index (κ2) is 4.89. The lowest BCUT2D eigenvalue weighted by atomic mass is 9.98. The van der Waals surface area contributed by atoms with E-state index in [2.05, 4.69) is 5.32 Å². The standard InChI is InChI=1S/C14H16F2N2O/c15-11-3-4-12(16)10-8-18(7-5-9(10)11)14(19)13-2-1-6-17-13/h3-4,13,17H,1-2,5-8H2. The molecule has 1 aromatic carbocycles. The van der Waals surface area contributed by atoms with Crippen LogP contribution < -0.4 is 5.32 Å². The number of carbonyl (C=O) groups is 1. The van der Waals surface area contributed by atoms with E-state index < -0.39 is 5.82 Å². The van der Waals surface area contributed by atoms with Gasteiger partial charge in [0.05, 0.1) is 6.04 Å². The van der Waals surface area contributed by atoms with Gasteiger partial charge in [-0.3, -0.25) is 4.79 Å². The number of carbonyl (C=O) groups excluding carboxylic acids is 1. The Kier molecular flexibility index (Phi) is 3.22. The van der Waals surface area contributed by atoms with Crippen molar-refractivity contribution in [2.75, 3.05) is 13.1 Å². The molecular formula is C14H16F2N2O. The largest absolute Gasteiger partial charge is 0.337 e. The molecule has 0 bridgehead atoms. The molecule has 1 unspecified atom stereocenters. The lowest BCUT2D eigenvalue weighted by molar-refractivity contribution is -0.134. The molecule has 2 aliphatic heterocycles. The zero-order valence-corrected chi connectivity index (χ0v) is 10.6. The zero-order chi connectivity index (χ0) is 13.4. The summed E-state index contributed by atoms with van der Waals surface area (Å²) in [7, 11) is 0. The van der Waals surface area contributed by atoms with Gasteiger partial charge in [0.2, 0.25) is 5.91 Å². The van der Waals surface area contributed by atoms with E-state index in [1.54, 1.807) is 4.90 Å². The van der Waals surface area contributed by atoms with E-state index in [4.69, 9.17) is 0 Å². The predicted octanol–water partition coefficient (Wildman–Crippen LogP) is 1.60. The normalized spacial score (nSPS) is 22.4. The molecule has 5 heteroatoms. The summed E-state index contributed by atoms with van der Waals surface area (Å²) in [5.74, 6) is -0.789. The van der Waals surface area contributed by atoms with Gasteiger partial charge < -0.3 is 10.2 Å². The van der Waals surface area contributed by atoms with Gasteiger partial charge in [-0.2, -0.15) is 0 Å². The van der Waals surface area contributed by atoms with Crippen molar-refractivity contribution < 1.29 is 13.6 Å². The molecule has 1 aromatic rings. The summed E-state index contributed by atoms with van der Waals surface area (Å²) in [4.78, 5) is 13.9. The Morgan fingerprint density at radius 1 is 1.26 bits per heavy atom. The Labute approximate surface area is 110 Å². The molecule has 2 heterocycles. The quantitative estimate of drug-likeness (QED) is 0.837. The van der Waals surface area contributed by atoms with Gasteiger partial charge in [-0.25, -0.2) is 8.78 Å². The number of benzene rings is 1. The van der Waals surface area contributed by atoms with Gasteiger partial charge in [-0.1, -0.05) is 0 Å². The summed E-state index contributed by atoms with van der Waals surface area (Å²) < 4.78 is 27.3. The molecule has 3 nitrogen and oxygen atoms in total. The van der Waals surface area contributed by atoms with Crippen molar-refractivity contribution in [1.29, 1.82) is 0 Å². The van der Waals surface area contributed by atoms with E-state index in [9.17, 15) is 13.6 Å². The van der Waals surface area contributed by atoms with Crippen molar-refractivity contribution in [1.82, 2.24) is 10.2 Å². The third-order valence-electron chi connectivity index (χ3n) is 3.97. The van der Waals surface area contributed by atoms with E-state index >= 15 is 0 Å². The average Bonchev–Trinajstić information content (AvgIpc) is 2.96. The second-order valence-electron chi connectivity index (χ2n) is 5.15. The molecule has 1 atom stereocenters. The Hall–Kier alpha value is -1.49. The molecule has 0 saturated carbocycles. The molecule has 19 heavy (non-hydrogen) atoms. The van der Waals surface area contributed by atoms with Crippen molar-refractivity contribution in [3.63, 3.8) is 0 Å². The third kappa shape index (κ3) is 2.23. The summed E-state index contributed by atoms with van der Waals surface area (Å²) in [5, 5.41) is 3.14. The zero-order valence-electron chi connectivity index (χ0n) is 10.6. The summed E-state index contributed by atoms with van der Waals surface area (Å²) in [6.07, 6.45) is 2.20. The molecular weight excluding hydrogens is 250 g/mol. The van der Waals surface area contributed by atoms with Crippen LogP contribution in [0, 0.1) is 11.6 Å². The molecule has 1 amide bonds. The average molecular weight is 266 g/mol. The fourth-order valence-electron chi connectivity index (χ4n) is 2.90. The third-order valence-corrected chi connectivity index (χ3v) is 3.97. The number of hydrogen-bond acceptors (Lipinski definition) is 2. The van der Waals surface area contributed by atoms with Crippen LogP contribution in [0.3, 0.4) is 0 Å². The van der Waals surface area contributed by atoms with Gasteiger partial charge in [0.15, 0.2) is 0 Å². The van der Waals surface area contributed by atoms with Gasteiger partial charge in [0.25, 0.3) is 0 Å². The fraction of sp³-hybridized carbons (Fsp3) is 0.500. The highest BCUT2D eigenvalue weighted by atomic mass is 19.1. The summed E-state index contributed by atoms with van der Waals surface area (Å²) in [5.41, 5.74) is 0.751. The van der Waals surface area contributed by atoms with Crippen molar-refractivity contribution in [3.05, 3.63) is 34.9 Å². The number of amides is 1. The molecule has 1 fully saturated rings. The Morgan fingerprint density at radius 3 is 2.68 bits per heavy atom. The van der Waals surface area contributed by atoms with Crippen LogP contribution in [0.2, 0.25) is 0 Å². The number of hydrogen-bond donors (Lipinski definition) is 1. The van der Waals surface area contributed by atoms with E-state index in [1.165, 1.54) is 0 Å². The van der Waals surface area contributed by atoms with Crippen LogP contribution in [-0.2, 0) is 17.8 Å². The highest BCUT2D eigenvalue weighted by molar-refractivity contribution is 5.82. The monoisotopic (exact) mass is 266 g/mol. The first kappa shape index (κ1) is 12.5. The SMILES string of the molecule is O=C(C1CCCN1)N1CCc2c(F)ccc(F)c2C1. The number of fused-ring (bicyclic) bond motifs is 1. The second-order valence-corrected chi connectivity index (χ2v) is 5.15.